The summed E-state index contributed by atoms with van der Waals surface area (Å²) in [6.07, 6.45) is 3.20. The summed E-state index contributed by atoms with van der Waals surface area (Å²) in [4.78, 5) is 28.6. The van der Waals surface area contributed by atoms with Crippen LogP contribution in [0.5, 0.6) is 0 Å². The summed E-state index contributed by atoms with van der Waals surface area (Å²) in [5, 5.41) is 8.92. The first-order chi connectivity index (χ1) is 6.70. The fourth-order valence-electron chi connectivity index (χ4n) is 1.84. The summed E-state index contributed by atoms with van der Waals surface area (Å²) >= 11 is 0. The number of rotatable bonds is 1. The topological polar surface area (TPSA) is 83.0 Å². The summed E-state index contributed by atoms with van der Waals surface area (Å²) in [6.45, 7) is 0. The average Bonchev–Trinajstić information content (AvgIpc) is 2.17. The van der Waals surface area contributed by atoms with Crippen molar-refractivity contribution in [2.24, 2.45) is 0 Å². The van der Waals surface area contributed by atoms with Crippen LogP contribution in [0, 0.1) is 0 Å². The van der Waals surface area contributed by atoms with Crippen LogP contribution < -0.4 is 5.56 Å². The minimum absolute atomic E-state index is 0.207. The minimum atomic E-state index is -0.899. The van der Waals surface area contributed by atoms with Gasteiger partial charge in [-0.1, -0.05) is 0 Å². The Morgan fingerprint density at radius 2 is 2.43 bits per heavy atom. The van der Waals surface area contributed by atoms with Crippen LogP contribution in [0.3, 0.4) is 0 Å². The van der Waals surface area contributed by atoms with E-state index in [1.165, 1.54) is 6.33 Å². The Bertz CT molecular complexity index is 424. The molecule has 0 aromatic carbocycles. The second kappa shape index (κ2) is 3.25. The molecule has 0 fully saturated rings. The highest BCUT2D eigenvalue weighted by molar-refractivity contribution is 5.76. The van der Waals surface area contributed by atoms with Crippen molar-refractivity contribution >= 4 is 5.97 Å². The Hall–Kier alpha value is -1.65. The van der Waals surface area contributed by atoms with E-state index >= 15 is 0 Å². The highest BCUT2D eigenvalue weighted by atomic mass is 16.4. The zero-order valence-corrected chi connectivity index (χ0v) is 7.49. The molecule has 1 atom stereocenters. The lowest BCUT2D eigenvalue weighted by Crippen LogP contribution is -2.26. The molecule has 1 aliphatic carbocycles. The quantitative estimate of drug-likeness (QED) is 0.672. The Morgan fingerprint density at radius 1 is 1.64 bits per heavy atom. The molecule has 2 rings (SSSR count). The fourth-order valence-corrected chi connectivity index (χ4v) is 1.84. The summed E-state index contributed by atoms with van der Waals surface area (Å²) in [7, 11) is 0. The van der Waals surface area contributed by atoms with E-state index in [9.17, 15) is 9.59 Å². The highest BCUT2D eigenvalue weighted by Crippen LogP contribution is 2.27. The molecule has 0 spiro atoms. The van der Waals surface area contributed by atoms with Crippen molar-refractivity contribution in [3.63, 3.8) is 0 Å². The van der Waals surface area contributed by atoms with Crippen LogP contribution in [-0.4, -0.2) is 21.0 Å². The monoisotopic (exact) mass is 194 g/mol. The molecule has 1 unspecified atom stereocenters. The van der Waals surface area contributed by atoms with Crippen molar-refractivity contribution < 1.29 is 9.90 Å². The van der Waals surface area contributed by atoms with Crippen molar-refractivity contribution in [3.05, 3.63) is 27.9 Å². The molecule has 1 heterocycles. The van der Waals surface area contributed by atoms with Gasteiger partial charge in [0.25, 0.3) is 5.56 Å². The summed E-state index contributed by atoms with van der Waals surface area (Å²) in [6, 6.07) is 0. The van der Waals surface area contributed by atoms with Gasteiger partial charge in [-0.05, 0) is 19.3 Å². The van der Waals surface area contributed by atoms with Gasteiger partial charge in [-0.3, -0.25) is 9.59 Å². The van der Waals surface area contributed by atoms with E-state index in [1.807, 2.05) is 0 Å². The van der Waals surface area contributed by atoms with E-state index in [-0.39, 0.29) is 5.56 Å². The van der Waals surface area contributed by atoms with Gasteiger partial charge < -0.3 is 10.1 Å². The number of nitrogens with zero attached hydrogens (tertiary/aromatic N) is 1. The van der Waals surface area contributed by atoms with E-state index in [0.29, 0.717) is 24.1 Å². The molecule has 0 radical (unpaired) electrons. The lowest BCUT2D eigenvalue weighted by Gasteiger charge is -2.19. The molecule has 1 aromatic rings. The highest BCUT2D eigenvalue weighted by Gasteiger charge is 2.28. The molecule has 2 N–H and O–H groups in total. The van der Waals surface area contributed by atoms with Gasteiger partial charge in [0.05, 0.1) is 17.9 Å². The molecule has 74 valence electrons. The van der Waals surface area contributed by atoms with Gasteiger partial charge in [-0.15, -0.1) is 0 Å². The Kier molecular flexibility index (Phi) is 2.07. The number of carboxylic acid groups (broad SMARTS) is 1. The number of aromatic nitrogens is 2. The van der Waals surface area contributed by atoms with Gasteiger partial charge >= 0.3 is 5.97 Å². The SMILES string of the molecule is O=C(O)C1CCCc2c1nc[nH]c2=O. The van der Waals surface area contributed by atoms with Crippen LogP contribution in [-0.2, 0) is 11.2 Å². The van der Waals surface area contributed by atoms with E-state index < -0.39 is 11.9 Å². The molecule has 0 bridgehead atoms. The molecule has 5 nitrogen and oxygen atoms in total. The largest absolute Gasteiger partial charge is 0.481 e. The first-order valence-corrected chi connectivity index (χ1v) is 4.49. The fraction of sp³-hybridized carbons (Fsp3) is 0.444. The third-order valence-electron chi connectivity index (χ3n) is 2.53. The summed E-state index contributed by atoms with van der Waals surface area (Å²) in [5.41, 5.74) is 0.764. The maximum atomic E-state index is 11.3. The third kappa shape index (κ3) is 1.30. The van der Waals surface area contributed by atoms with Crippen LogP contribution >= 0.6 is 0 Å². The number of H-pyrrole nitrogens is 1. The number of fused-ring (bicyclic) bond motifs is 1. The van der Waals surface area contributed by atoms with Crippen molar-refractivity contribution in [3.8, 4) is 0 Å². The van der Waals surface area contributed by atoms with Gasteiger partial charge in [-0.25, -0.2) is 4.98 Å². The standard InChI is InChI=1S/C9H10N2O3/c12-8-5-2-1-3-6(9(13)14)7(5)10-4-11-8/h4,6H,1-3H2,(H,13,14)(H,10,11,12). The predicted molar refractivity (Wildman–Crippen MR) is 48.2 cm³/mol. The van der Waals surface area contributed by atoms with Crippen LogP contribution in [0.25, 0.3) is 0 Å². The minimum Gasteiger partial charge on any atom is -0.481 e. The number of carboxylic acids is 1. The Labute approximate surface area is 79.8 Å². The molecular weight excluding hydrogens is 184 g/mol. The van der Waals surface area contributed by atoms with Crippen LogP contribution in [0.4, 0.5) is 0 Å². The van der Waals surface area contributed by atoms with Gasteiger partial charge in [0.2, 0.25) is 0 Å². The predicted octanol–water partition coefficient (Wildman–Crippen LogP) is 0.274. The molecule has 5 heteroatoms. The van der Waals surface area contributed by atoms with Crippen LogP contribution in [0.2, 0.25) is 0 Å². The second-order valence-electron chi connectivity index (χ2n) is 3.38. The summed E-state index contributed by atoms with van der Waals surface area (Å²) in [5.74, 6) is -1.51. The first kappa shape index (κ1) is 8.93. The molecule has 0 saturated carbocycles. The number of carbonyl (C=O) groups is 1. The van der Waals surface area contributed by atoms with E-state index in [1.54, 1.807) is 0 Å². The molecular formula is C9H10N2O3. The lowest BCUT2D eigenvalue weighted by molar-refractivity contribution is -0.139. The first-order valence-electron chi connectivity index (χ1n) is 4.49. The molecule has 1 aliphatic rings. The van der Waals surface area contributed by atoms with E-state index in [4.69, 9.17) is 5.11 Å². The van der Waals surface area contributed by atoms with Crippen molar-refractivity contribution in [2.45, 2.75) is 25.2 Å². The zero-order valence-electron chi connectivity index (χ0n) is 7.49. The van der Waals surface area contributed by atoms with Gasteiger partial charge in [0.1, 0.15) is 0 Å². The second-order valence-corrected chi connectivity index (χ2v) is 3.38. The molecule has 14 heavy (non-hydrogen) atoms. The molecule has 0 saturated heterocycles. The average molecular weight is 194 g/mol. The number of aliphatic carboxylic acids is 1. The Balaban J connectivity index is 2.55. The van der Waals surface area contributed by atoms with Gasteiger partial charge in [0.15, 0.2) is 0 Å². The zero-order chi connectivity index (χ0) is 10.1. The van der Waals surface area contributed by atoms with Crippen molar-refractivity contribution in [1.29, 1.82) is 0 Å². The maximum absolute atomic E-state index is 11.3. The van der Waals surface area contributed by atoms with Crippen LogP contribution in [0.1, 0.15) is 30.0 Å². The van der Waals surface area contributed by atoms with Crippen molar-refractivity contribution in [2.75, 3.05) is 0 Å². The number of hydrogen-bond acceptors (Lipinski definition) is 3. The van der Waals surface area contributed by atoms with E-state index in [2.05, 4.69) is 9.97 Å². The number of aromatic amines is 1. The third-order valence-corrected chi connectivity index (χ3v) is 2.53. The molecule has 0 aliphatic heterocycles. The number of hydrogen-bond donors (Lipinski definition) is 2. The maximum Gasteiger partial charge on any atom is 0.312 e. The molecule has 1 aromatic heterocycles. The Morgan fingerprint density at radius 3 is 3.14 bits per heavy atom. The van der Waals surface area contributed by atoms with Gasteiger partial charge in [-0.2, -0.15) is 0 Å². The molecule has 0 amide bonds. The van der Waals surface area contributed by atoms with Crippen molar-refractivity contribution in [1.82, 2.24) is 9.97 Å². The van der Waals surface area contributed by atoms with Crippen LogP contribution in [0.15, 0.2) is 11.1 Å². The van der Waals surface area contributed by atoms with E-state index in [0.717, 1.165) is 6.42 Å². The smallest absolute Gasteiger partial charge is 0.312 e. The normalized spacial score (nSPS) is 20.1. The van der Waals surface area contributed by atoms with Gasteiger partial charge in [0, 0.05) is 5.56 Å². The lowest BCUT2D eigenvalue weighted by atomic mass is 9.87. The number of nitrogens with one attached hydrogen (secondary N) is 1. The summed E-state index contributed by atoms with van der Waals surface area (Å²) < 4.78 is 0.